The summed E-state index contributed by atoms with van der Waals surface area (Å²) in [6.07, 6.45) is 4.22. The van der Waals surface area contributed by atoms with Crippen LogP contribution in [0.5, 0.6) is 5.75 Å². The molecule has 180 valence electrons. The molecule has 2 aromatic carbocycles. The van der Waals surface area contributed by atoms with Gasteiger partial charge in [0.15, 0.2) is 0 Å². The number of nitriles is 1. The van der Waals surface area contributed by atoms with Crippen molar-refractivity contribution >= 4 is 17.9 Å². The van der Waals surface area contributed by atoms with E-state index in [1.165, 1.54) is 0 Å². The quantitative estimate of drug-likeness (QED) is 0.609. The third-order valence-corrected chi connectivity index (χ3v) is 5.47. The maximum Gasteiger partial charge on any atom is 0.410 e. The lowest BCUT2D eigenvalue weighted by Crippen LogP contribution is -2.44. The van der Waals surface area contributed by atoms with Crippen LogP contribution in [0.15, 0.2) is 48.5 Å². The van der Waals surface area contributed by atoms with Gasteiger partial charge in [0.05, 0.1) is 17.7 Å². The number of hydrogen-bond acceptors (Lipinski definition) is 6. The van der Waals surface area contributed by atoms with Crippen molar-refractivity contribution in [2.75, 3.05) is 18.8 Å². The van der Waals surface area contributed by atoms with Gasteiger partial charge in [-0.2, -0.15) is 5.26 Å². The molecule has 1 unspecified atom stereocenters. The number of benzene rings is 2. The van der Waals surface area contributed by atoms with Crippen molar-refractivity contribution < 1.29 is 19.4 Å². The predicted molar refractivity (Wildman–Crippen MR) is 132 cm³/mol. The number of piperidine rings is 1. The number of aliphatic hydroxyl groups is 1. The van der Waals surface area contributed by atoms with E-state index >= 15 is 0 Å². The Bertz CT molecular complexity index is 1060. The molecule has 7 nitrogen and oxygen atoms in total. The van der Waals surface area contributed by atoms with Gasteiger partial charge in [-0.1, -0.05) is 24.3 Å². The van der Waals surface area contributed by atoms with Crippen LogP contribution in [0.3, 0.4) is 0 Å². The third kappa shape index (κ3) is 7.53. The summed E-state index contributed by atoms with van der Waals surface area (Å²) < 4.78 is 11.6. The first-order valence-corrected chi connectivity index (χ1v) is 11.5. The maximum absolute atomic E-state index is 12.2. The average Bonchev–Trinajstić information content (AvgIpc) is 2.79. The number of hydrogen-bond donors (Lipinski definition) is 2. The fourth-order valence-corrected chi connectivity index (χ4v) is 3.73. The fraction of sp³-hybridized carbons (Fsp3) is 0.407. The van der Waals surface area contributed by atoms with Gasteiger partial charge < -0.3 is 25.2 Å². The number of ether oxygens (including phenoxy) is 2. The maximum atomic E-state index is 12.2. The monoisotopic (exact) mass is 463 g/mol. The zero-order valence-electron chi connectivity index (χ0n) is 20.0. The van der Waals surface area contributed by atoms with Gasteiger partial charge in [0, 0.05) is 38.0 Å². The average molecular weight is 464 g/mol. The Balaban J connectivity index is 1.55. The molecule has 3 N–H and O–H groups in total. The number of carbonyl (C=O) groups excluding carboxylic acids is 1. The molecule has 1 heterocycles. The minimum atomic E-state index is -0.736. The molecular weight excluding hydrogens is 430 g/mol. The summed E-state index contributed by atoms with van der Waals surface area (Å²) in [5.74, 6) is 0.692. The summed E-state index contributed by atoms with van der Waals surface area (Å²) in [5.41, 5.74) is 8.43. The minimum Gasteiger partial charge on any atom is -0.490 e. The summed E-state index contributed by atoms with van der Waals surface area (Å²) in [6, 6.07) is 14.8. The molecule has 7 heteroatoms. The highest BCUT2D eigenvalue weighted by Crippen LogP contribution is 2.25. The Hall–Kier alpha value is -3.50. The number of aliphatic hydroxyl groups excluding tert-OH is 1. The van der Waals surface area contributed by atoms with Crippen LogP contribution in [0.25, 0.3) is 6.08 Å². The van der Waals surface area contributed by atoms with Crippen LogP contribution in [0, 0.1) is 11.3 Å². The van der Waals surface area contributed by atoms with E-state index < -0.39 is 11.7 Å². The van der Waals surface area contributed by atoms with Crippen LogP contribution in [0.4, 0.5) is 10.5 Å². The van der Waals surface area contributed by atoms with Crippen molar-refractivity contribution in [1.82, 2.24) is 4.90 Å². The summed E-state index contributed by atoms with van der Waals surface area (Å²) in [7, 11) is 0. The first kappa shape index (κ1) is 25.1. The lowest BCUT2D eigenvalue weighted by Gasteiger charge is -2.33. The summed E-state index contributed by atoms with van der Waals surface area (Å²) in [4.78, 5) is 14.0. The van der Waals surface area contributed by atoms with Crippen LogP contribution in [-0.2, 0) is 11.2 Å². The molecule has 0 saturated carbocycles. The van der Waals surface area contributed by atoms with Crippen LogP contribution >= 0.6 is 0 Å². The van der Waals surface area contributed by atoms with Crippen molar-refractivity contribution in [2.24, 2.45) is 0 Å². The number of nitrogens with zero attached hydrogens (tertiary/aromatic N) is 2. The molecule has 0 aromatic heterocycles. The van der Waals surface area contributed by atoms with Crippen molar-refractivity contribution in [3.63, 3.8) is 0 Å². The standard InChI is InChI=1S/C27H33N3O4/c1-27(2,3)34-26(32)30-13-11-23(12-14-30)33-24-9-10-25(29)21(17-24)16-22(31)8-7-19-5-4-6-20(15-19)18-28/h4-10,15,17,22-23,31H,11-14,16,29H2,1-3H3/b8-7+. The third-order valence-electron chi connectivity index (χ3n) is 5.47. The number of nitrogens with two attached hydrogens (primary N) is 1. The highest BCUT2D eigenvalue weighted by molar-refractivity contribution is 5.68. The Morgan fingerprint density at radius 3 is 2.68 bits per heavy atom. The van der Waals surface area contributed by atoms with Crippen LogP contribution < -0.4 is 10.5 Å². The molecular formula is C27H33N3O4. The molecule has 1 amide bonds. The zero-order chi connectivity index (χ0) is 24.7. The van der Waals surface area contributed by atoms with Crippen LogP contribution in [-0.4, -0.2) is 47.0 Å². The van der Waals surface area contributed by atoms with Gasteiger partial charge >= 0.3 is 6.09 Å². The van der Waals surface area contributed by atoms with E-state index in [-0.39, 0.29) is 12.2 Å². The Kier molecular flexibility index (Phi) is 8.19. The van der Waals surface area contributed by atoms with E-state index in [0.717, 1.165) is 11.1 Å². The van der Waals surface area contributed by atoms with Gasteiger partial charge in [-0.25, -0.2) is 4.79 Å². The Morgan fingerprint density at radius 2 is 2.00 bits per heavy atom. The molecule has 0 aliphatic carbocycles. The van der Waals surface area contributed by atoms with Crippen LogP contribution in [0.2, 0.25) is 0 Å². The van der Waals surface area contributed by atoms with E-state index in [2.05, 4.69) is 6.07 Å². The molecule has 2 aromatic rings. The highest BCUT2D eigenvalue weighted by atomic mass is 16.6. The smallest absolute Gasteiger partial charge is 0.410 e. The molecule has 1 saturated heterocycles. The van der Waals surface area contributed by atoms with E-state index in [9.17, 15) is 9.90 Å². The molecule has 1 aliphatic heterocycles. The number of likely N-dealkylation sites (tertiary alicyclic amines) is 1. The summed E-state index contributed by atoms with van der Waals surface area (Å²) in [6.45, 7) is 6.74. The molecule has 0 bridgehead atoms. The second kappa shape index (κ2) is 11.1. The van der Waals surface area contributed by atoms with Crippen LogP contribution in [0.1, 0.15) is 50.3 Å². The van der Waals surface area contributed by atoms with Gasteiger partial charge in [-0.05, 0) is 62.2 Å². The van der Waals surface area contributed by atoms with E-state index in [4.69, 9.17) is 20.5 Å². The lowest BCUT2D eigenvalue weighted by atomic mass is 10.0. The first-order chi connectivity index (χ1) is 16.1. The first-order valence-electron chi connectivity index (χ1n) is 11.5. The normalized spacial score (nSPS) is 15.7. The molecule has 1 aliphatic rings. The lowest BCUT2D eigenvalue weighted by molar-refractivity contribution is 0.0126. The van der Waals surface area contributed by atoms with Crippen molar-refractivity contribution in [3.8, 4) is 11.8 Å². The van der Waals surface area contributed by atoms with Gasteiger partial charge in [0.2, 0.25) is 0 Å². The van der Waals surface area contributed by atoms with Gasteiger partial charge in [-0.3, -0.25) is 0 Å². The molecule has 3 rings (SSSR count). The number of carbonyl (C=O) groups is 1. The van der Waals surface area contributed by atoms with Crippen molar-refractivity contribution in [3.05, 3.63) is 65.2 Å². The molecule has 0 radical (unpaired) electrons. The molecule has 1 fully saturated rings. The van der Waals surface area contributed by atoms with E-state index in [1.807, 2.05) is 39.0 Å². The summed E-state index contributed by atoms with van der Waals surface area (Å²) in [5, 5.41) is 19.5. The Morgan fingerprint density at radius 1 is 1.26 bits per heavy atom. The summed E-state index contributed by atoms with van der Waals surface area (Å²) >= 11 is 0. The van der Waals surface area contributed by atoms with Gasteiger partial charge in [-0.15, -0.1) is 0 Å². The minimum absolute atomic E-state index is 0.00705. The largest absolute Gasteiger partial charge is 0.490 e. The fourth-order valence-electron chi connectivity index (χ4n) is 3.73. The number of amides is 1. The van der Waals surface area contributed by atoms with E-state index in [1.54, 1.807) is 41.3 Å². The SMILES string of the molecule is CC(C)(C)OC(=O)N1CCC(Oc2ccc(N)c(CC(O)/C=C/c3cccc(C#N)c3)c2)CC1. The molecule has 1 atom stereocenters. The number of nitrogen functional groups attached to an aromatic ring is 1. The second-order valence-electron chi connectivity index (χ2n) is 9.51. The van der Waals surface area contributed by atoms with Gasteiger partial charge in [0.1, 0.15) is 17.5 Å². The zero-order valence-corrected chi connectivity index (χ0v) is 20.0. The number of anilines is 1. The highest BCUT2D eigenvalue weighted by Gasteiger charge is 2.27. The van der Waals surface area contributed by atoms with Crippen molar-refractivity contribution in [1.29, 1.82) is 5.26 Å². The predicted octanol–water partition coefficient (Wildman–Crippen LogP) is 4.54. The molecule has 0 spiro atoms. The molecule has 34 heavy (non-hydrogen) atoms. The number of rotatable bonds is 6. The van der Waals surface area contributed by atoms with Gasteiger partial charge in [0.25, 0.3) is 0 Å². The Labute approximate surface area is 201 Å². The topological polar surface area (TPSA) is 109 Å². The van der Waals surface area contributed by atoms with Crippen molar-refractivity contribution in [2.45, 2.75) is 57.8 Å². The second-order valence-corrected chi connectivity index (χ2v) is 9.51. The van der Waals surface area contributed by atoms with E-state index in [0.29, 0.717) is 49.4 Å².